The summed E-state index contributed by atoms with van der Waals surface area (Å²) in [6.07, 6.45) is 0.550. The van der Waals surface area contributed by atoms with Crippen LogP contribution in [-0.2, 0) is 14.3 Å². The molecule has 0 bridgehead atoms. The molecule has 7 nitrogen and oxygen atoms in total. The van der Waals surface area contributed by atoms with E-state index in [1.165, 1.54) is 7.11 Å². The number of nitriles is 1. The number of aryl methyl sites for hydroxylation is 1. The number of rotatable bonds is 6. The topological polar surface area (TPSA) is 88.9 Å². The molecule has 2 atom stereocenters. The highest BCUT2D eigenvalue weighted by atomic mass is 16.5. The fourth-order valence-electron chi connectivity index (χ4n) is 3.78. The van der Waals surface area contributed by atoms with Crippen LogP contribution in [-0.4, -0.2) is 32.7 Å². The summed E-state index contributed by atoms with van der Waals surface area (Å²) < 4.78 is 15.9. The van der Waals surface area contributed by atoms with E-state index in [2.05, 4.69) is 0 Å². The molecule has 0 radical (unpaired) electrons. The van der Waals surface area contributed by atoms with Crippen LogP contribution in [0.3, 0.4) is 0 Å². The summed E-state index contributed by atoms with van der Waals surface area (Å²) in [5.41, 5.74) is 2.49. The number of carbonyl (C=O) groups excluding carboxylic acids is 2. The second kappa shape index (κ2) is 9.31. The zero-order valence-corrected chi connectivity index (χ0v) is 17.3. The molecule has 0 unspecified atom stereocenters. The molecule has 7 heteroatoms. The summed E-state index contributed by atoms with van der Waals surface area (Å²) in [4.78, 5) is 27.4. The minimum Gasteiger partial charge on any atom is -0.493 e. The molecular weight excluding hydrogens is 384 g/mol. The minimum absolute atomic E-state index is 0.0806. The Kier molecular flexibility index (Phi) is 6.58. The van der Waals surface area contributed by atoms with Crippen molar-refractivity contribution in [3.8, 4) is 17.6 Å². The van der Waals surface area contributed by atoms with E-state index in [1.54, 1.807) is 24.1 Å². The van der Waals surface area contributed by atoms with Gasteiger partial charge in [0.2, 0.25) is 5.91 Å². The van der Waals surface area contributed by atoms with Gasteiger partial charge in [0.05, 0.1) is 26.2 Å². The molecule has 156 valence electrons. The monoisotopic (exact) mass is 408 g/mol. The zero-order chi connectivity index (χ0) is 21.7. The Morgan fingerprint density at radius 2 is 1.83 bits per heavy atom. The van der Waals surface area contributed by atoms with Crippen LogP contribution < -0.4 is 14.4 Å². The fraction of sp³-hybridized carbons (Fsp3) is 0.348. The van der Waals surface area contributed by atoms with Crippen molar-refractivity contribution in [1.82, 2.24) is 0 Å². The van der Waals surface area contributed by atoms with Gasteiger partial charge in [0.25, 0.3) is 0 Å². The second-order valence-corrected chi connectivity index (χ2v) is 7.07. The number of ether oxygens (including phenoxy) is 3. The highest BCUT2D eigenvalue weighted by Crippen LogP contribution is 2.42. The largest absolute Gasteiger partial charge is 0.493 e. The molecule has 0 saturated carbocycles. The first-order chi connectivity index (χ1) is 14.5. The van der Waals surface area contributed by atoms with Crippen molar-refractivity contribution in [2.24, 2.45) is 5.92 Å². The van der Waals surface area contributed by atoms with E-state index in [9.17, 15) is 9.59 Å². The van der Waals surface area contributed by atoms with E-state index in [0.717, 1.165) is 11.1 Å². The first-order valence-corrected chi connectivity index (χ1v) is 9.64. The maximum atomic E-state index is 13.0. The first kappa shape index (κ1) is 21.2. The third-order valence-corrected chi connectivity index (χ3v) is 5.24. The van der Waals surface area contributed by atoms with Gasteiger partial charge < -0.3 is 19.1 Å². The van der Waals surface area contributed by atoms with Crippen molar-refractivity contribution in [2.75, 3.05) is 25.7 Å². The number of esters is 1. The smallest absolute Gasteiger partial charge is 0.312 e. The molecular formula is C23H24N2O5. The van der Waals surface area contributed by atoms with Gasteiger partial charge in [0.1, 0.15) is 6.07 Å². The van der Waals surface area contributed by atoms with Crippen molar-refractivity contribution >= 4 is 17.6 Å². The van der Waals surface area contributed by atoms with Crippen LogP contribution in [0.2, 0.25) is 0 Å². The Balaban J connectivity index is 2.11. The number of amides is 1. The number of nitrogens with zero attached hydrogens (tertiary/aromatic N) is 2. The molecule has 2 aromatic carbocycles. The third-order valence-electron chi connectivity index (χ3n) is 5.24. The molecule has 0 aliphatic carbocycles. The SMILES string of the molecule is COc1ccc([C@@H]2[C@H](C(=O)OCC#N)CCC(=O)N2c2ccc(C)cc2)cc1OC. The van der Waals surface area contributed by atoms with Gasteiger partial charge in [-0.25, -0.2) is 0 Å². The molecule has 0 spiro atoms. The third kappa shape index (κ3) is 4.23. The van der Waals surface area contributed by atoms with E-state index < -0.39 is 17.9 Å². The number of piperidine rings is 1. The zero-order valence-electron chi connectivity index (χ0n) is 17.3. The van der Waals surface area contributed by atoms with Gasteiger partial charge in [0.15, 0.2) is 18.1 Å². The quantitative estimate of drug-likeness (QED) is 0.679. The predicted octanol–water partition coefficient (Wildman–Crippen LogP) is 3.56. The molecule has 0 aromatic heterocycles. The van der Waals surface area contributed by atoms with Gasteiger partial charge in [-0.2, -0.15) is 5.26 Å². The van der Waals surface area contributed by atoms with E-state index in [0.29, 0.717) is 23.6 Å². The average molecular weight is 408 g/mol. The van der Waals surface area contributed by atoms with E-state index in [-0.39, 0.29) is 18.9 Å². The Hall–Kier alpha value is -3.53. The number of hydrogen-bond donors (Lipinski definition) is 0. The van der Waals surface area contributed by atoms with Crippen LogP contribution >= 0.6 is 0 Å². The maximum absolute atomic E-state index is 13.0. The van der Waals surface area contributed by atoms with Crippen molar-refractivity contribution in [3.63, 3.8) is 0 Å². The lowest BCUT2D eigenvalue weighted by atomic mass is 9.83. The first-order valence-electron chi connectivity index (χ1n) is 9.64. The Morgan fingerprint density at radius 1 is 1.13 bits per heavy atom. The van der Waals surface area contributed by atoms with Crippen molar-refractivity contribution < 1.29 is 23.8 Å². The summed E-state index contributed by atoms with van der Waals surface area (Å²) in [5.74, 6) is -0.144. The van der Waals surface area contributed by atoms with E-state index >= 15 is 0 Å². The Morgan fingerprint density at radius 3 is 2.47 bits per heavy atom. The summed E-state index contributed by atoms with van der Waals surface area (Å²) in [6, 6.07) is 14.1. The standard InChI is InChI=1S/C23H24N2O5/c1-15-4-7-17(8-5-15)25-21(26)11-9-18(23(27)30-13-12-24)22(25)16-6-10-19(28-2)20(14-16)29-3/h4-8,10,14,18,22H,9,11,13H2,1-3H3/t18-,22-/m1/s1. The van der Waals surface area contributed by atoms with Crippen molar-refractivity contribution in [2.45, 2.75) is 25.8 Å². The number of methoxy groups -OCH3 is 2. The van der Waals surface area contributed by atoms with Crippen LogP contribution in [0.1, 0.15) is 30.0 Å². The van der Waals surface area contributed by atoms with Gasteiger partial charge in [0, 0.05) is 12.1 Å². The predicted molar refractivity (Wildman–Crippen MR) is 110 cm³/mol. The average Bonchev–Trinajstić information content (AvgIpc) is 2.77. The summed E-state index contributed by atoms with van der Waals surface area (Å²) in [7, 11) is 3.08. The van der Waals surface area contributed by atoms with Gasteiger partial charge in [-0.3, -0.25) is 9.59 Å². The molecule has 1 aliphatic heterocycles. The molecule has 1 heterocycles. The summed E-state index contributed by atoms with van der Waals surface area (Å²) in [6.45, 7) is 1.64. The molecule has 1 aliphatic rings. The lowest BCUT2D eigenvalue weighted by Gasteiger charge is -2.40. The van der Waals surface area contributed by atoms with Crippen LogP contribution in [0.25, 0.3) is 0 Å². The normalized spacial score (nSPS) is 18.5. The van der Waals surface area contributed by atoms with E-state index in [4.69, 9.17) is 19.5 Å². The number of anilines is 1. The number of benzene rings is 2. The molecule has 1 fully saturated rings. The number of hydrogen-bond acceptors (Lipinski definition) is 6. The van der Waals surface area contributed by atoms with Crippen molar-refractivity contribution in [1.29, 1.82) is 5.26 Å². The lowest BCUT2D eigenvalue weighted by Crippen LogP contribution is -2.46. The van der Waals surface area contributed by atoms with Crippen LogP contribution in [0.5, 0.6) is 11.5 Å². The summed E-state index contributed by atoms with van der Waals surface area (Å²) >= 11 is 0. The van der Waals surface area contributed by atoms with Gasteiger partial charge in [-0.15, -0.1) is 0 Å². The Bertz CT molecular complexity index is 965. The molecule has 0 N–H and O–H groups in total. The van der Waals surface area contributed by atoms with Crippen molar-refractivity contribution in [3.05, 3.63) is 53.6 Å². The molecule has 2 aromatic rings. The van der Waals surface area contributed by atoms with Gasteiger partial charge in [-0.05, 0) is 43.2 Å². The summed E-state index contributed by atoms with van der Waals surface area (Å²) in [5, 5.41) is 8.80. The lowest BCUT2D eigenvalue weighted by molar-refractivity contribution is -0.149. The fourth-order valence-corrected chi connectivity index (χ4v) is 3.78. The van der Waals surface area contributed by atoms with Gasteiger partial charge >= 0.3 is 5.97 Å². The van der Waals surface area contributed by atoms with Gasteiger partial charge in [-0.1, -0.05) is 23.8 Å². The molecule has 3 rings (SSSR count). The molecule has 1 saturated heterocycles. The second-order valence-electron chi connectivity index (χ2n) is 7.07. The van der Waals surface area contributed by atoms with Crippen LogP contribution in [0, 0.1) is 24.2 Å². The van der Waals surface area contributed by atoms with Crippen LogP contribution in [0.4, 0.5) is 5.69 Å². The Labute approximate surface area is 175 Å². The maximum Gasteiger partial charge on any atom is 0.312 e. The van der Waals surface area contributed by atoms with E-state index in [1.807, 2.05) is 43.3 Å². The molecule has 30 heavy (non-hydrogen) atoms. The van der Waals surface area contributed by atoms with Crippen LogP contribution in [0.15, 0.2) is 42.5 Å². The highest BCUT2D eigenvalue weighted by molar-refractivity contribution is 5.97. The molecule has 1 amide bonds. The number of carbonyl (C=O) groups is 2. The highest BCUT2D eigenvalue weighted by Gasteiger charge is 2.42. The minimum atomic E-state index is -0.615.